The second-order valence-corrected chi connectivity index (χ2v) is 5.65. The summed E-state index contributed by atoms with van der Waals surface area (Å²) in [6.45, 7) is 3.52. The van der Waals surface area contributed by atoms with Crippen molar-refractivity contribution in [1.82, 2.24) is 10.2 Å². The van der Waals surface area contributed by atoms with Gasteiger partial charge in [-0.15, -0.1) is 24.2 Å². The third kappa shape index (κ3) is 5.61. The van der Waals surface area contributed by atoms with Crippen LogP contribution in [0, 0.1) is 0 Å². The Morgan fingerprint density at radius 2 is 2.16 bits per heavy atom. The molecule has 1 aromatic carbocycles. The molecule has 1 rings (SSSR count). The number of halogens is 2. The molecule has 0 heterocycles. The van der Waals surface area contributed by atoms with Gasteiger partial charge in [0.1, 0.15) is 0 Å². The average Bonchev–Trinajstić information content (AvgIpc) is 2.37. The normalized spacial score (nSPS) is 9.89. The number of hydrogen-bond acceptors (Lipinski definition) is 3. The van der Waals surface area contributed by atoms with Gasteiger partial charge in [0.15, 0.2) is 0 Å². The van der Waals surface area contributed by atoms with E-state index in [4.69, 9.17) is 11.6 Å². The summed E-state index contributed by atoms with van der Waals surface area (Å²) in [6, 6.07) is 5.48. The fraction of sp³-hybridized carbons (Fsp3) is 0.462. The Balaban J connectivity index is 0.00000324. The monoisotopic (exact) mass is 322 g/mol. The third-order valence-electron chi connectivity index (χ3n) is 2.52. The van der Waals surface area contributed by atoms with Crippen molar-refractivity contribution >= 4 is 41.7 Å². The molecule has 0 aliphatic carbocycles. The van der Waals surface area contributed by atoms with Gasteiger partial charge in [0.05, 0.1) is 5.56 Å². The molecule has 0 aromatic heterocycles. The van der Waals surface area contributed by atoms with Crippen molar-refractivity contribution in [3.63, 3.8) is 0 Å². The highest BCUT2D eigenvalue weighted by Gasteiger charge is 2.16. The van der Waals surface area contributed by atoms with E-state index in [1.54, 1.807) is 29.8 Å². The lowest BCUT2D eigenvalue weighted by molar-refractivity contribution is 0.0793. The first-order valence-corrected chi connectivity index (χ1v) is 7.29. The molecule has 19 heavy (non-hydrogen) atoms. The molecule has 0 aliphatic rings. The molecule has 1 aromatic rings. The van der Waals surface area contributed by atoms with Gasteiger partial charge in [-0.3, -0.25) is 4.79 Å². The molecule has 108 valence electrons. The zero-order valence-corrected chi connectivity index (χ0v) is 13.8. The van der Waals surface area contributed by atoms with Crippen LogP contribution in [0.2, 0.25) is 5.02 Å². The minimum absolute atomic E-state index is 0. The van der Waals surface area contributed by atoms with Crippen LogP contribution < -0.4 is 5.32 Å². The molecule has 0 atom stereocenters. The first kappa shape index (κ1) is 18.6. The average molecular weight is 323 g/mol. The predicted molar refractivity (Wildman–Crippen MR) is 86.0 cm³/mol. The van der Waals surface area contributed by atoms with E-state index in [2.05, 4.69) is 12.2 Å². The van der Waals surface area contributed by atoms with E-state index in [1.165, 1.54) is 0 Å². The first-order chi connectivity index (χ1) is 8.60. The maximum absolute atomic E-state index is 12.3. The molecule has 0 spiro atoms. The van der Waals surface area contributed by atoms with Crippen LogP contribution >= 0.6 is 35.8 Å². The quantitative estimate of drug-likeness (QED) is 0.816. The number of nitrogens with one attached hydrogen (secondary N) is 1. The fourth-order valence-electron chi connectivity index (χ4n) is 1.54. The summed E-state index contributed by atoms with van der Waals surface area (Å²) in [6.07, 6.45) is 0. The fourth-order valence-corrected chi connectivity index (χ4v) is 2.49. The standard InChI is InChI=1S/C13H19ClN2OS.ClH/c1-4-18-12-6-5-10(14)9-11(12)13(17)16(3)8-7-15-2;/h5-6,9,15H,4,7-8H2,1-3H3;1H. The Labute approximate surface area is 130 Å². The van der Waals surface area contributed by atoms with Crippen LogP contribution in [-0.2, 0) is 0 Å². The number of amides is 1. The topological polar surface area (TPSA) is 32.3 Å². The van der Waals surface area contributed by atoms with Crippen molar-refractivity contribution < 1.29 is 4.79 Å². The first-order valence-electron chi connectivity index (χ1n) is 5.92. The summed E-state index contributed by atoms with van der Waals surface area (Å²) in [5.41, 5.74) is 0.688. The van der Waals surface area contributed by atoms with E-state index < -0.39 is 0 Å². The Bertz CT molecular complexity index is 416. The van der Waals surface area contributed by atoms with E-state index in [-0.39, 0.29) is 18.3 Å². The van der Waals surface area contributed by atoms with Crippen molar-refractivity contribution in [2.45, 2.75) is 11.8 Å². The van der Waals surface area contributed by atoms with Crippen LogP contribution in [0.5, 0.6) is 0 Å². The van der Waals surface area contributed by atoms with Crippen molar-refractivity contribution in [3.05, 3.63) is 28.8 Å². The van der Waals surface area contributed by atoms with Crippen molar-refractivity contribution in [2.24, 2.45) is 0 Å². The van der Waals surface area contributed by atoms with Crippen molar-refractivity contribution in [1.29, 1.82) is 0 Å². The maximum atomic E-state index is 12.3. The van der Waals surface area contributed by atoms with Crippen molar-refractivity contribution in [2.75, 3.05) is 32.9 Å². The highest BCUT2D eigenvalue weighted by molar-refractivity contribution is 7.99. The SMILES string of the molecule is CCSc1ccc(Cl)cc1C(=O)N(C)CCNC.Cl. The number of carbonyl (C=O) groups excluding carboxylic acids is 1. The van der Waals surface area contributed by atoms with Crippen LogP contribution in [0.3, 0.4) is 0 Å². The zero-order chi connectivity index (χ0) is 13.5. The van der Waals surface area contributed by atoms with Crippen LogP contribution in [0.4, 0.5) is 0 Å². The third-order valence-corrected chi connectivity index (χ3v) is 3.71. The summed E-state index contributed by atoms with van der Waals surface area (Å²) in [5, 5.41) is 3.63. The van der Waals surface area contributed by atoms with Crippen molar-refractivity contribution in [3.8, 4) is 0 Å². The van der Waals surface area contributed by atoms with Gasteiger partial charge >= 0.3 is 0 Å². The lowest BCUT2D eigenvalue weighted by Gasteiger charge is -2.18. The molecule has 0 unspecified atom stereocenters. The molecule has 0 fully saturated rings. The van der Waals surface area contributed by atoms with E-state index >= 15 is 0 Å². The maximum Gasteiger partial charge on any atom is 0.254 e. The summed E-state index contributed by atoms with van der Waals surface area (Å²) < 4.78 is 0. The van der Waals surface area contributed by atoms with Crippen LogP contribution in [-0.4, -0.2) is 43.7 Å². The lowest BCUT2D eigenvalue weighted by Crippen LogP contribution is -2.33. The van der Waals surface area contributed by atoms with E-state index in [1.807, 2.05) is 19.2 Å². The highest BCUT2D eigenvalue weighted by Crippen LogP contribution is 2.26. The van der Waals surface area contributed by atoms with Gasteiger partial charge in [0, 0.05) is 30.1 Å². The minimum atomic E-state index is 0. The summed E-state index contributed by atoms with van der Waals surface area (Å²) in [5.74, 6) is 0.950. The summed E-state index contributed by atoms with van der Waals surface area (Å²) in [7, 11) is 3.68. The van der Waals surface area contributed by atoms with Gasteiger partial charge in [0.2, 0.25) is 0 Å². The van der Waals surface area contributed by atoms with Gasteiger partial charge in [-0.25, -0.2) is 0 Å². The lowest BCUT2D eigenvalue weighted by atomic mass is 10.2. The number of benzene rings is 1. The molecule has 0 bridgehead atoms. The molecule has 0 saturated carbocycles. The second kappa shape index (κ2) is 9.48. The van der Waals surface area contributed by atoms with E-state index in [9.17, 15) is 4.79 Å². The van der Waals surface area contributed by atoms with Crippen LogP contribution in [0.25, 0.3) is 0 Å². The van der Waals surface area contributed by atoms with Gasteiger partial charge < -0.3 is 10.2 Å². The van der Waals surface area contributed by atoms with Crippen LogP contribution in [0.1, 0.15) is 17.3 Å². The largest absolute Gasteiger partial charge is 0.340 e. The van der Waals surface area contributed by atoms with Crippen LogP contribution in [0.15, 0.2) is 23.1 Å². The molecule has 1 amide bonds. The molecule has 3 nitrogen and oxygen atoms in total. The number of rotatable bonds is 6. The molecule has 1 N–H and O–H groups in total. The predicted octanol–water partition coefficient (Wildman–Crippen LogP) is 3.17. The second-order valence-electron chi connectivity index (χ2n) is 3.90. The number of nitrogens with zero attached hydrogens (tertiary/aromatic N) is 1. The Kier molecular flexibility index (Phi) is 9.27. The van der Waals surface area contributed by atoms with Gasteiger partial charge in [-0.05, 0) is 31.0 Å². The smallest absolute Gasteiger partial charge is 0.254 e. The summed E-state index contributed by atoms with van der Waals surface area (Å²) in [4.78, 5) is 15.0. The number of carbonyl (C=O) groups is 1. The zero-order valence-electron chi connectivity index (χ0n) is 11.4. The number of likely N-dealkylation sites (N-methyl/N-ethyl adjacent to an activating group) is 2. The molecule has 0 radical (unpaired) electrons. The molecule has 0 aliphatic heterocycles. The minimum Gasteiger partial charge on any atom is -0.340 e. The molecular weight excluding hydrogens is 303 g/mol. The van der Waals surface area contributed by atoms with Gasteiger partial charge in [-0.2, -0.15) is 0 Å². The Morgan fingerprint density at radius 1 is 1.47 bits per heavy atom. The number of thioether (sulfide) groups is 1. The Morgan fingerprint density at radius 3 is 2.74 bits per heavy atom. The highest BCUT2D eigenvalue weighted by atomic mass is 35.5. The van der Waals surface area contributed by atoms with Gasteiger partial charge in [0.25, 0.3) is 5.91 Å². The van der Waals surface area contributed by atoms with E-state index in [0.29, 0.717) is 17.1 Å². The molecule has 6 heteroatoms. The molecular formula is C13H20Cl2N2OS. The van der Waals surface area contributed by atoms with Gasteiger partial charge in [-0.1, -0.05) is 18.5 Å². The van der Waals surface area contributed by atoms with E-state index in [0.717, 1.165) is 17.2 Å². The molecule has 0 saturated heterocycles. The Hall–Kier alpha value is -0.420. The number of hydrogen-bond donors (Lipinski definition) is 1. The summed E-state index contributed by atoms with van der Waals surface area (Å²) >= 11 is 7.64.